The number of carbonyl (C=O) groups is 1. The molecule has 1 aliphatic rings. The Hall–Kier alpha value is -2.31. The van der Waals surface area contributed by atoms with Crippen molar-refractivity contribution in [1.29, 1.82) is 0 Å². The maximum absolute atomic E-state index is 12.1. The lowest BCUT2D eigenvalue weighted by Crippen LogP contribution is -2.19. The molecule has 0 spiro atoms. The van der Waals surface area contributed by atoms with Crippen LogP contribution in [0.3, 0.4) is 0 Å². The van der Waals surface area contributed by atoms with Crippen LogP contribution in [-0.4, -0.2) is 11.1 Å². The molecule has 1 saturated heterocycles. The Morgan fingerprint density at radius 1 is 1.08 bits per heavy atom. The summed E-state index contributed by atoms with van der Waals surface area (Å²) in [6.07, 6.45) is 1.70. The first-order valence-electron chi connectivity index (χ1n) is 7.22. The van der Waals surface area contributed by atoms with Gasteiger partial charge in [0.25, 0.3) is 5.91 Å². The van der Waals surface area contributed by atoms with E-state index in [2.05, 4.69) is 26.2 Å². The van der Waals surface area contributed by atoms with E-state index in [0.29, 0.717) is 20.5 Å². The van der Waals surface area contributed by atoms with E-state index in [4.69, 9.17) is 4.42 Å². The van der Waals surface area contributed by atoms with Crippen LogP contribution in [0.15, 0.2) is 73.6 Å². The van der Waals surface area contributed by atoms with Crippen molar-refractivity contribution in [2.45, 2.75) is 0 Å². The van der Waals surface area contributed by atoms with Crippen molar-refractivity contribution in [2.75, 3.05) is 0 Å². The Kier molecular flexibility index (Phi) is 4.00. The van der Waals surface area contributed by atoms with Crippen molar-refractivity contribution in [3.63, 3.8) is 0 Å². The summed E-state index contributed by atoms with van der Waals surface area (Å²) in [7, 11) is 0. The molecule has 1 aliphatic heterocycles. The van der Waals surface area contributed by atoms with Crippen LogP contribution >= 0.6 is 27.7 Å². The van der Waals surface area contributed by atoms with Crippen molar-refractivity contribution < 1.29 is 9.21 Å². The van der Waals surface area contributed by atoms with Gasteiger partial charge in [-0.2, -0.15) is 0 Å². The summed E-state index contributed by atoms with van der Waals surface area (Å²) in [5, 5.41) is 5.53. The Morgan fingerprint density at radius 2 is 1.92 bits per heavy atom. The maximum atomic E-state index is 12.1. The minimum absolute atomic E-state index is 0.175. The first-order valence-corrected chi connectivity index (χ1v) is 8.83. The zero-order chi connectivity index (χ0) is 16.5. The number of fused-ring (bicyclic) bond motifs is 1. The first kappa shape index (κ1) is 15.2. The lowest BCUT2D eigenvalue weighted by molar-refractivity contribution is -0.115. The van der Waals surface area contributed by atoms with Gasteiger partial charge in [-0.1, -0.05) is 36.4 Å². The van der Waals surface area contributed by atoms with Gasteiger partial charge in [0.2, 0.25) is 0 Å². The van der Waals surface area contributed by atoms with Crippen LogP contribution in [0.5, 0.6) is 0 Å². The van der Waals surface area contributed by atoms with E-state index in [0.717, 1.165) is 16.5 Å². The van der Waals surface area contributed by atoms with E-state index in [9.17, 15) is 4.79 Å². The molecule has 2 heterocycles. The number of benzene rings is 2. The standard InChI is InChI=1S/C18H11BrN2O2S/c19-16-9-8-12(23-16)10-15-17(22)21-18(24-15)20-14-7-3-5-11-4-1-2-6-13(11)14/h1-10H,(H,20,21,22)/b15-10+. The second-order valence-electron chi connectivity index (χ2n) is 5.12. The normalized spacial score (nSPS) is 17.8. The molecule has 0 atom stereocenters. The molecule has 0 saturated carbocycles. The van der Waals surface area contributed by atoms with Gasteiger partial charge in [0.15, 0.2) is 9.84 Å². The van der Waals surface area contributed by atoms with Gasteiger partial charge in [-0.25, -0.2) is 4.99 Å². The number of hydrogen-bond acceptors (Lipinski definition) is 4. The Labute approximate surface area is 150 Å². The molecule has 1 fully saturated rings. The Morgan fingerprint density at radius 3 is 2.75 bits per heavy atom. The summed E-state index contributed by atoms with van der Waals surface area (Å²) in [6, 6.07) is 17.6. The largest absolute Gasteiger partial charge is 0.450 e. The van der Waals surface area contributed by atoms with Crippen LogP contribution in [0.2, 0.25) is 0 Å². The number of thioether (sulfide) groups is 1. The number of rotatable bonds is 2. The number of halogens is 1. The van der Waals surface area contributed by atoms with Gasteiger partial charge in [-0.3, -0.25) is 4.79 Å². The lowest BCUT2D eigenvalue weighted by atomic mass is 10.1. The summed E-state index contributed by atoms with van der Waals surface area (Å²) in [5.74, 6) is 0.442. The van der Waals surface area contributed by atoms with Crippen molar-refractivity contribution in [2.24, 2.45) is 4.99 Å². The number of nitrogens with zero attached hydrogens (tertiary/aromatic N) is 1. The smallest absolute Gasteiger partial charge is 0.264 e. The zero-order valence-corrected chi connectivity index (χ0v) is 14.7. The monoisotopic (exact) mass is 398 g/mol. The Bertz CT molecular complexity index is 1000. The van der Waals surface area contributed by atoms with E-state index >= 15 is 0 Å². The molecule has 0 unspecified atom stereocenters. The molecule has 6 heteroatoms. The molecule has 2 aromatic carbocycles. The van der Waals surface area contributed by atoms with E-state index in [1.54, 1.807) is 18.2 Å². The molecule has 1 aromatic heterocycles. The van der Waals surface area contributed by atoms with Crippen LogP contribution in [0, 0.1) is 0 Å². The number of amidine groups is 1. The first-order chi connectivity index (χ1) is 11.7. The van der Waals surface area contributed by atoms with Crippen molar-refractivity contribution in [3.8, 4) is 0 Å². The molecule has 4 nitrogen and oxygen atoms in total. The highest BCUT2D eigenvalue weighted by atomic mass is 79.9. The minimum Gasteiger partial charge on any atom is -0.450 e. The second kappa shape index (κ2) is 6.30. The number of aliphatic imine (C=N–C) groups is 1. The number of amides is 1. The molecule has 3 aromatic rings. The quantitative estimate of drug-likeness (QED) is 0.611. The van der Waals surface area contributed by atoms with Crippen molar-refractivity contribution in [3.05, 3.63) is 69.9 Å². The third kappa shape index (κ3) is 3.02. The molecule has 24 heavy (non-hydrogen) atoms. The molecule has 0 aliphatic carbocycles. The average Bonchev–Trinajstić information content (AvgIpc) is 3.14. The van der Waals surface area contributed by atoms with Crippen LogP contribution in [-0.2, 0) is 4.79 Å². The predicted octanol–water partition coefficient (Wildman–Crippen LogP) is 5.09. The van der Waals surface area contributed by atoms with Gasteiger partial charge < -0.3 is 9.73 Å². The second-order valence-corrected chi connectivity index (χ2v) is 6.93. The third-order valence-corrected chi connectivity index (χ3v) is 4.84. The number of furan rings is 1. The molecule has 1 N–H and O–H groups in total. The molecule has 0 radical (unpaired) electrons. The molecular formula is C18H11BrN2O2S. The number of carbonyl (C=O) groups excluding carboxylic acids is 1. The highest BCUT2D eigenvalue weighted by Gasteiger charge is 2.24. The van der Waals surface area contributed by atoms with E-state index in [-0.39, 0.29) is 5.91 Å². The van der Waals surface area contributed by atoms with Crippen LogP contribution in [0.25, 0.3) is 16.8 Å². The molecular weight excluding hydrogens is 388 g/mol. The van der Waals surface area contributed by atoms with E-state index in [1.165, 1.54) is 11.8 Å². The fraction of sp³-hybridized carbons (Fsp3) is 0. The zero-order valence-electron chi connectivity index (χ0n) is 12.3. The highest BCUT2D eigenvalue weighted by Crippen LogP contribution is 2.31. The summed E-state index contributed by atoms with van der Waals surface area (Å²) in [6.45, 7) is 0. The molecule has 0 bridgehead atoms. The minimum atomic E-state index is -0.175. The SMILES string of the molecule is O=C1NC(=Nc2cccc3ccccc23)S/C1=C/c1ccc(Br)o1. The molecule has 1 amide bonds. The van der Waals surface area contributed by atoms with Gasteiger partial charge in [0.1, 0.15) is 5.76 Å². The van der Waals surface area contributed by atoms with Gasteiger partial charge in [0, 0.05) is 11.5 Å². The van der Waals surface area contributed by atoms with Crippen LogP contribution in [0.1, 0.15) is 5.76 Å². The van der Waals surface area contributed by atoms with E-state index < -0.39 is 0 Å². The topological polar surface area (TPSA) is 54.6 Å². The fourth-order valence-electron chi connectivity index (χ4n) is 2.43. The summed E-state index contributed by atoms with van der Waals surface area (Å²) in [5.41, 5.74) is 0.831. The number of hydrogen-bond donors (Lipinski definition) is 1. The number of nitrogens with one attached hydrogen (secondary N) is 1. The van der Waals surface area contributed by atoms with E-state index in [1.807, 2.05) is 42.5 Å². The van der Waals surface area contributed by atoms with Crippen molar-refractivity contribution >= 4 is 61.3 Å². The third-order valence-electron chi connectivity index (χ3n) is 3.51. The van der Waals surface area contributed by atoms with Gasteiger partial charge in [0.05, 0.1) is 10.6 Å². The average molecular weight is 399 g/mol. The highest BCUT2D eigenvalue weighted by molar-refractivity contribution is 9.10. The molecule has 118 valence electrons. The fourth-order valence-corrected chi connectivity index (χ4v) is 3.56. The predicted molar refractivity (Wildman–Crippen MR) is 101 cm³/mol. The Balaban J connectivity index is 1.67. The lowest BCUT2D eigenvalue weighted by Gasteiger charge is -2.02. The van der Waals surface area contributed by atoms with Gasteiger partial charge in [-0.05, 0) is 51.3 Å². The maximum Gasteiger partial charge on any atom is 0.264 e. The van der Waals surface area contributed by atoms with Crippen LogP contribution in [0.4, 0.5) is 5.69 Å². The van der Waals surface area contributed by atoms with Crippen LogP contribution < -0.4 is 5.32 Å². The van der Waals surface area contributed by atoms with Crippen molar-refractivity contribution in [1.82, 2.24) is 5.32 Å². The summed E-state index contributed by atoms with van der Waals surface area (Å²) < 4.78 is 6.04. The van der Waals surface area contributed by atoms with Gasteiger partial charge >= 0.3 is 0 Å². The summed E-state index contributed by atoms with van der Waals surface area (Å²) in [4.78, 5) is 17.3. The summed E-state index contributed by atoms with van der Waals surface area (Å²) >= 11 is 4.55. The van der Waals surface area contributed by atoms with Gasteiger partial charge in [-0.15, -0.1) is 0 Å². The molecule has 4 rings (SSSR count).